The number of hydrogen-bond donors (Lipinski definition) is 0. The molecule has 0 bridgehead atoms. The first-order valence-electron chi connectivity index (χ1n) is 2.68. The van der Waals surface area contributed by atoms with Gasteiger partial charge in [-0.15, -0.1) is 0 Å². The van der Waals surface area contributed by atoms with E-state index in [1.54, 1.807) is 6.92 Å². The highest BCUT2D eigenvalue weighted by Crippen LogP contribution is 2.07. The van der Waals surface area contributed by atoms with Gasteiger partial charge in [-0.05, 0) is 13.3 Å². The molecule has 0 aromatic heterocycles. The number of carbonyl (C=O) groups excluding carboxylic acids is 1. The molecule has 1 heterocycles. The van der Waals surface area contributed by atoms with Crippen molar-refractivity contribution >= 4 is 5.78 Å². The zero-order chi connectivity index (χ0) is 5.98. The molecule has 8 heavy (non-hydrogen) atoms. The van der Waals surface area contributed by atoms with E-state index < -0.39 is 0 Å². The van der Waals surface area contributed by atoms with E-state index in [1.165, 1.54) is 0 Å². The average Bonchev–Trinajstić information content (AvgIpc) is 2.12. The number of rotatable bonds is 1. The van der Waals surface area contributed by atoms with E-state index in [9.17, 15) is 4.79 Å². The number of hydrogen-bond acceptors (Lipinski definition) is 3. The van der Waals surface area contributed by atoms with Gasteiger partial charge in [-0.3, -0.25) is 4.79 Å². The van der Waals surface area contributed by atoms with Gasteiger partial charge in [0, 0.05) is 0 Å². The molecule has 0 saturated carbocycles. The first-order chi connectivity index (χ1) is 3.80. The van der Waals surface area contributed by atoms with Gasteiger partial charge >= 0.3 is 0 Å². The Kier molecular flexibility index (Phi) is 1.37. The van der Waals surface area contributed by atoms with E-state index in [0.29, 0.717) is 0 Å². The Morgan fingerprint density at radius 1 is 1.75 bits per heavy atom. The summed E-state index contributed by atoms with van der Waals surface area (Å²) in [7, 11) is 0. The number of ketones is 1. The van der Waals surface area contributed by atoms with Crippen LogP contribution < -0.4 is 0 Å². The van der Waals surface area contributed by atoms with Crippen LogP contribution in [0.25, 0.3) is 0 Å². The second kappa shape index (κ2) is 2.03. The van der Waals surface area contributed by atoms with Crippen molar-refractivity contribution in [3.8, 4) is 0 Å². The SMILES string of the molecule is CC(=O)[C@H]1CCN=N1. The molecule has 3 heteroatoms. The van der Waals surface area contributed by atoms with Crippen molar-refractivity contribution in [3.63, 3.8) is 0 Å². The summed E-state index contributed by atoms with van der Waals surface area (Å²) in [4.78, 5) is 10.5. The number of nitrogens with zero attached hydrogens (tertiary/aromatic N) is 2. The van der Waals surface area contributed by atoms with Gasteiger partial charge in [-0.25, -0.2) is 0 Å². The summed E-state index contributed by atoms with van der Waals surface area (Å²) in [6.45, 7) is 2.28. The molecule has 1 aliphatic rings. The van der Waals surface area contributed by atoms with E-state index in [4.69, 9.17) is 0 Å². The Hall–Kier alpha value is -0.730. The van der Waals surface area contributed by atoms with Crippen molar-refractivity contribution in [1.82, 2.24) is 0 Å². The van der Waals surface area contributed by atoms with Gasteiger partial charge in [-0.1, -0.05) is 0 Å². The summed E-state index contributed by atoms with van der Waals surface area (Å²) in [6.07, 6.45) is 0.815. The van der Waals surface area contributed by atoms with Gasteiger partial charge < -0.3 is 0 Å². The molecule has 44 valence electrons. The lowest BCUT2D eigenvalue weighted by atomic mass is 10.2. The monoisotopic (exact) mass is 112 g/mol. The minimum absolute atomic E-state index is 0.116. The average molecular weight is 112 g/mol. The van der Waals surface area contributed by atoms with Gasteiger partial charge in [0.1, 0.15) is 6.04 Å². The standard InChI is InChI=1S/C5H8N2O/c1-4(8)5-2-3-6-7-5/h5H,2-3H2,1H3/t5-/m1/s1. The Bertz CT molecular complexity index is 130. The summed E-state index contributed by atoms with van der Waals surface area (Å²) >= 11 is 0. The van der Waals surface area contributed by atoms with Crippen LogP contribution in [0.5, 0.6) is 0 Å². The third-order valence-corrected chi connectivity index (χ3v) is 1.19. The van der Waals surface area contributed by atoms with E-state index in [1.807, 2.05) is 0 Å². The zero-order valence-electron chi connectivity index (χ0n) is 4.79. The smallest absolute Gasteiger partial charge is 0.156 e. The lowest BCUT2D eigenvalue weighted by Gasteiger charge is -1.93. The van der Waals surface area contributed by atoms with Crippen LogP contribution in [0.3, 0.4) is 0 Å². The number of carbonyl (C=O) groups is 1. The first kappa shape index (κ1) is 5.41. The van der Waals surface area contributed by atoms with Crippen LogP contribution in [0, 0.1) is 0 Å². The van der Waals surface area contributed by atoms with Crippen molar-refractivity contribution in [2.45, 2.75) is 19.4 Å². The summed E-state index contributed by atoms with van der Waals surface area (Å²) in [5, 5.41) is 7.40. The highest BCUT2D eigenvalue weighted by atomic mass is 16.1. The number of azo groups is 1. The van der Waals surface area contributed by atoms with Crippen LogP contribution in [0.2, 0.25) is 0 Å². The molecular weight excluding hydrogens is 104 g/mol. The molecule has 0 fully saturated rings. The summed E-state index contributed by atoms with van der Waals surface area (Å²) in [5.41, 5.74) is 0. The highest BCUT2D eigenvalue weighted by molar-refractivity contribution is 5.81. The van der Waals surface area contributed by atoms with E-state index >= 15 is 0 Å². The minimum Gasteiger partial charge on any atom is -0.298 e. The molecule has 0 unspecified atom stereocenters. The van der Waals surface area contributed by atoms with Crippen molar-refractivity contribution in [3.05, 3.63) is 0 Å². The molecule has 0 aromatic rings. The molecule has 1 aliphatic heterocycles. The zero-order valence-corrected chi connectivity index (χ0v) is 4.79. The number of Topliss-reactive ketones (excluding diaryl/α,β-unsaturated/α-hetero) is 1. The quantitative estimate of drug-likeness (QED) is 0.494. The molecule has 0 N–H and O–H groups in total. The Labute approximate surface area is 47.8 Å². The molecule has 1 atom stereocenters. The summed E-state index contributed by atoms with van der Waals surface area (Å²) in [6, 6.07) is -0.116. The maximum absolute atomic E-state index is 10.5. The molecule has 0 aliphatic carbocycles. The fourth-order valence-electron chi connectivity index (χ4n) is 0.679. The third-order valence-electron chi connectivity index (χ3n) is 1.19. The molecule has 0 aromatic carbocycles. The summed E-state index contributed by atoms with van der Waals surface area (Å²) < 4.78 is 0. The molecule has 0 amide bonds. The summed E-state index contributed by atoms with van der Waals surface area (Å²) in [5.74, 6) is 0.131. The van der Waals surface area contributed by atoms with Gasteiger partial charge in [0.25, 0.3) is 0 Å². The Balaban J connectivity index is 2.48. The Morgan fingerprint density at radius 3 is 2.75 bits per heavy atom. The van der Waals surface area contributed by atoms with Crippen molar-refractivity contribution in [2.75, 3.05) is 6.54 Å². The van der Waals surface area contributed by atoms with Crippen LogP contribution in [-0.4, -0.2) is 18.4 Å². The molecule has 0 radical (unpaired) electrons. The second-order valence-corrected chi connectivity index (χ2v) is 1.90. The molecular formula is C5H8N2O. The normalized spacial score (nSPS) is 26.4. The predicted molar refractivity (Wildman–Crippen MR) is 28.8 cm³/mol. The van der Waals surface area contributed by atoms with Gasteiger partial charge in [0.15, 0.2) is 5.78 Å². The topological polar surface area (TPSA) is 41.8 Å². The van der Waals surface area contributed by atoms with Crippen LogP contribution in [-0.2, 0) is 4.79 Å². The van der Waals surface area contributed by atoms with Crippen molar-refractivity contribution < 1.29 is 4.79 Å². The predicted octanol–water partition coefficient (Wildman–Crippen LogP) is 0.800. The third kappa shape index (κ3) is 0.911. The fourth-order valence-corrected chi connectivity index (χ4v) is 0.679. The maximum Gasteiger partial charge on any atom is 0.156 e. The Morgan fingerprint density at radius 2 is 2.50 bits per heavy atom. The highest BCUT2D eigenvalue weighted by Gasteiger charge is 2.15. The van der Waals surface area contributed by atoms with E-state index in [-0.39, 0.29) is 11.8 Å². The molecule has 0 saturated heterocycles. The molecule has 3 nitrogen and oxygen atoms in total. The van der Waals surface area contributed by atoms with Gasteiger partial charge in [0.05, 0.1) is 6.54 Å². The van der Waals surface area contributed by atoms with Crippen LogP contribution >= 0.6 is 0 Å². The minimum atomic E-state index is -0.116. The maximum atomic E-state index is 10.5. The van der Waals surface area contributed by atoms with Crippen LogP contribution in [0.15, 0.2) is 10.2 Å². The molecule has 0 spiro atoms. The lowest BCUT2D eigenvalue weighted by molar-refractivity contribution is -0.118. The second-order valence-electron chi connectivity index (χ2n) is 1.90. The molecule has 1 rings (SSSR count). The van der Waals surface area contributed by atoms with E-state index in [0.717, 1.165) is 13.0 Å². The van der Waals surface area contributed by atoms with Crippen LogP contribution in [0.4, 0.5) is 0 Å². The largest absolute Gasteiger partial charge is 0.298 e. The fraction of sp³-hybridized carbons (Fsp3) is 0.800. The van der Waals surface area contributed by atoms with Crippen molar-refractivity contribution in [1.29, 1.82) is 0 Å². The first-order valence-corrected chi connectivity index (χ1v) is 2.68. The van der Waals surface area contributed by atoms with Gasteiger partial charge in [0.2, 0.25) is 0 Å². The lowest BCUT2D eigenvalue weighted by Crippen LogP contribution is -2.11. The van der Waals surface area contributed by atoms with E-state index in [2.05, 4.69) is 10.2 Å². The van der Waals surface area contributed by atoms with Crippen molar-refractivity contribution in [2.24, 2.45) is 10.2 Å². The van der Waals surface area contributed by atoms with Gasteiger partial charge in [-0.2, -0.15) is 10.2 Å². The van der Waals surface area contributed by atoms with Crippen LogP contribution in [0.1, 0.15) is 13.3 Å².